The van der Waals surface area contributed by atoms with Crippen LogP contribution in [0.4, 0.5) is 0 Å². The van der Waals surface area contributed by atoms with Crippen LogP contribution in [-0.4, -0.2) is 18.3 Å². The molecular weight excluding hydrogens is 290 g/mol. The second kappa shape index (κ2) is 6.75. The fraction of sp³-hybridized carbons (Fsp3) is 0.0526. The second-order valence-corrected chi connectivity index (χ2v) is 4.88. The fourth-order valence-corrected chi connectivity index (χ4v) is 2.25. The maximum atomic E-state index is 12.0. The molecule has 0 saturated carbocycles. The third-order valence-electron chi connectivity index (χ3n) is 3.32. The summed E-state index contributed by atoms with van der Waals surface area (Å²) in [5.74, 6) is 0.203. The molecule has 0 bridgehead atoms. The van der Waals surface area contributed by atoms with Crippen LogP contribution in [0, 0.1) is 0 Å². The lowest BCUT2D eigenvalue weighted by Crippen LogP contribution is -2.07. The van der Waals surface area contributed by atoms with E-state index in [4.69, 9.17) is 9.57 Å². The van der Waals surface area contributed by atoms with Gasteiger partial charge in [-0.2, -0.15) is 0 Å². The molecule has 0 saturated heterocycles. The Labute approximate surface area is 134 Å². The monoisotopic (exact) mass is 305 g/mol. The molecule has 0 spiro atoms. The van der Waals surface area contributed by atoms with Crippen molar-refractivity contribution in [1.82, 2.24) is 0 Å². The Morgan fingerprint density at radius 3 is 2.61 bits per heavy atom. The van der Waals surface area contributed by atoms with Crippen LogP contribution in [0.5, 0.6) is 5.75 Å². The summed E-state index contributed by atoms with van der Waals surface area (Å²) in [5, 5.41) is 3.90. The Morgan fingerprint density at radius 1 is 1.09 bits per heavy atom. The van der Waals surface area contributed by atoms with E-state index in [0.29, 0.717) is 23.6 Å². The molecule has 2 aromatic rings. The number of carbonyl (C=O) groups is 1. The lowest BCUT2D eigenvalue weighted by atomic mass is 10.0. The summed E-state index contributed by atoms with van der Waals surface area (Å²) in [6.45, 7) is 4.03. The minimum absolute atomic E-state index is 0.393. The van der Waals surface area contributed by atoms with Gasteiger partial charge < -0.3 is 9.57 Å². The summed E-state index contributed by atoms with van der Waals surface area (Å²) >= 11 is 0. The average Bonchev–Trinajstić information content (AvgIpc) is 2.96. The molecule has 0 unspecified atom stereocenters. The highest BCUT2D eigenvalue weighted by Gasteiger charge is 2.27. The predicted octanol–water partition coefficient (Wildman–Crippen LogP) is 3.60. The SMILES string of the molecule is C=CCOc1ccccc1/C=C1/C(=O)ON=C1c1ccccc1. The molecule has 0 aliphatic carbocycles. The summed E-state index contributed by atoms with van der Waals surface area (Å²) < 4.78 is 5.62. The van der Waals surface area contributed by atoms with Crippen LogP contribution in [0.1, 0.15) is 11.1 Å². The molecule has 1 aliphatic heterocycles. The van der Waals surface area contributed by atoms with Gasteiger partial charge in [-0.1, -0.05) is 66.3 Å². The summed E-state index contributed by atoms with van der Waals surface area (Å²) in [6.07, 6.45) is 3.41. The van der Waals surface area contributed by atoms with E-state index in [2.05, 4.69) is 11.7 Å². The molecule has 4 heteroatoms. The smallest absolute Gasteiger partial charge is 0.368 e. The van der Waals surface area contributed by atoms with Crippen LogP contribution in [-0.2, 0) is 9.63 Å². The first kappa shape index (κ1) is 14.8. The molecule has 0 N–H and O–H groups in total. The molecular formula is C19H15NO3. The summed E-state index contributed by atoms with van der Waals surface area (Å²) in [5.41, 5.74) is 2.54. The van der Waals surface area contributed by atoms with Crippen LogP contribution in [0.3, 0.4) is 0 Å². The van der Waals surface area contributed by atoms with E-state index >= 15 is 0 Å². The highest BCUT2D eigenvalue weighted by molar-refractivity contribution is 6.31. The topological polar surface area (TPSA) is 47.9 Å². The van der Waals surface area contributed by atoms with Gasteiger partial charge in [-0.3, -0.25) is 0 Å². The molecule has 23 heavy (non-hydrogen) atoms. The molecule has 0 atom stereocenters. The molecule has 2 aromatic carbocycles. The van der Waals surface area contributed by atoms with Gasteiger partial charge in [0.25, 0.3) is 0 Å². The van der Waals surface area contributed by atoms with Crippen molar-refractivity contribution in [3.8, 4) is 5.75 Å². The van der Waals surface area contributed by atoms with E-state index < -0.39 is 5.97 Å². The largest absolute Gasteiger partial charge is 0.489 e. The number of rotatable bonds is 5. The number of benzene rings is 2. The Morgan fingerprint density at radius 2 is 1.83 bits per heavy atom. The first-order valence-electron chi connectivity index (χ1n) is 7.19. The zero-order chi connectivity index (χ0) is 16.1. The number of ether oxygens (including phenoxy) is 1. The van der Waals surface area contributed by atoms with Gasteiger partial charge in [-0.05, 0) is 12.1 Å². The van der Waals surface area contributed by atoms with Crippen molar-refractivity contribution in [1.29, 1.82) is 0 Å². The standard InChI is InChI=1S/C19H15NO3/c1-2-12-22-17-11-7-6-10-15(17)13-16-18(20-23-19(16)21)14-8-4-3-5-9-14/h2-11,13H,1,12H2/b16-13+. The molecule has 0 amide bonds. The van der Waals surface area contributed by atoms with Crippen LogP contribution in [0.25, 0.3) is 6.08 Å². The highest BCUT2D eigenvalue weighted by atomic mass is 16.7. The van der Waals surface area contributed by atoms with E-state index in [1.54, 1.807) is 12.2 Å². The third kappa shape index (κ3) is 3.21. The quantitative estimate of drug-likeness (QED) is 0.482. The summed E-state index contributed by atoms with van der Waals surface area (Å²) in [7, 11) is 0. The van der Waals surface area contributed by atoms with Crippen molar-refractivity contribution >= 4 is 17.8 Å². The molecule has 3 rings (SSSR count). The van der Waals surface area contributed by atoms with E-state index in [1.807, 2.05) is 54.6 Å². The molecule has 0 fully saturated rings. The van der Waals surface area contributed by atoms with Crippen LogP contribution in [0.2, 0.25) is 0 Å². The normalized spacial score (nSPS) is 15.2. The first-order chi connectivity index (χ1) is 11.3. The van der Waals surface area contributed by atoms with Gasteiger partial charge in [0, 0.05) is 11.1 Å². The Balaban J connectivity index is 1.99. The van der Waals surface area contributed by atoms with Crippen LogP contribution < -0.4 is 4.74 Å². The fourth-order valence-electron chi connectivity index (χ4n) is 2.25. The van der Waals surface area contributed by atoms with E-state index in [-0.39, 0.29) is 0 Å². The van der Waals surface area contributed by atoms with Crippen molar-refractivity contribution in [2.24, 2.45) is 5.16 Å². The lowest BCUT2D eigenvalue weighted by Gasteiger charge is -2.07. The molecule has 4 nitrogen and oxygen atoms in total. The van der Waals surface area contributed by atoms with Crippen LogP contribution >= 0.6 is 0 Å². The van der Waals surface area contributed by atoms with Gasteiger partial charge in [0.1, 0.15) is 18.1 Å². The van der Waals surface area contributed by atoms with Crippen LogP contribution in [0.15, 0.2) is 78.0 Å². The van der Waals surface area contributed by atoms with Crippen molar-refractivity contribution in [3.63, 3.8) is 0 Å². The van der Waals surface area contributed by atoms with E-state index in [0.717, 1.165) is 11.1 Å². The number of hydrogen-bond acceptors (Lipinski definition) is 4. The number of para-hydroxylation sites is 1. The summed E-state index contributed by atoms with van der Waals surface area (Å²) in [6, 6.07) is 16.9. The van der Waals surface area contributed by atoms with E-state index in [1.165, 1.54) is 0 Å². The van der Waals surface area contributed by atoms with Crippen molar-refractivity contribution in [2.75, 3.05) is 6.61 Å². The lowest BCUT2D eigenvalue weighted by molar-refractivity contribution is -0.136. The predicted molar refractivity (Wildman–Crippen MR) is 89.2 cm³/mol. The Kier molecular flexibility index (Phi) is 4.34. The second-order valence-electron chi connectivity index (χ2n) is 4.88. The van der Waals surface area contributed by atoms with Crippen molar-refractivity contribution < 1.29 is 14.4 Å². The Bertz CT molecular complexity index is 791. The molecule has 0 radical (unpaired) electrons. The molecule has 1 heterocycles. The first-order valence-corrected chi connectivity index (χ1v) is 7.19. The van der Waals surface area contributed by atoms with Crippen molar-refractivity contribution in [2.45, 2.75) is 0 Å². The average molecular weight is 305 g/mol. The van der Waals surface area contributed by atoms with Gasteiger partial charge in [0.05, 0.1) is 5.57 Å². The maximum Gasteiger partial charge on any atom is 0.368 e. The number of oxime groups is 1. The highest BCUT2D eigenvalue weighted by Crippen LogP contribution is 2.25. The van der Waals surface area contributed by atoms with Gasteiger partial charge >= 0.3 is 5.97 Å². The van der Waals surface area contributed by atoms with E-state index in [9.17, 15) is 4.79 Å². The Hall–Kier alpha value is -3.14. The van der Waals surface area contributed by atoms with Crippen molar-refractivity contribution in [3.05, 3.63) is 84.0 Å². The third-order valence-corrected chi connectivity index (χ3v) is 3.32. The van der Waals surface area contributed by atoms with Gasteiger partial charge in [-0.15, -0.1) is 0 Å². The van der Waals surface area contributed by atoms with Gasteiger partial charge in [-0.25, -0.2) is 4.79 Å². The molecule has 1 aliphatic rings. The number of hydrogen-bond donors (Lipinski definition) is 0. The summed E-state index contributed by atoms with van der Waals surface area (Å²) in [4.78, 5) is 16.9. The zero-order valence-corrected chi connectivity index (χ0v) is 12.4. The minimum atomic E-state index is -0.470. The number of nitrogens with zero attached hydrogens (tertiary/aromatic N) is 1. The zero-order valence-electron chi connectivity index (χ0n) is 12.4. The maximum absolute atomic E-state index is 12.0. The molecule has 114 valence electrons. The minimum Gasteiger partial charge on any atom is -0.489 e. The molecule has 0 aromatic heterocycles. The van der Waals surface area contributed by atoms with Gasteiger partial charge in [0.2, 0.25) is 0 Å². The van der Waals surface area contributed by atoms with Gasteiger partial charge in [0.15, 0.2) is 0 Å². The number of carbonyl (C=O) groups excluding carboxylic acids is 1.